The SMILES string of the molecule is c1ccc(-c2ccc(-c3nc(-c4ccc(-c5ccccc5)cc4)nc(-c4ccc(-c5c(-c6ccccc6)n6nc(-c7ccccc7)c(-c7ccccc7)c6c6ccccc56)cc4)n3)cc2)cc1. The third kappa shape index (κ3) is 7.44. The molecule has 5 heteroatoms. The van der Waals surface area contributed by atoms with Crippen molar-refractivity contribution in [3.05, 3.63) is 249 Å². The first-order chi connectivity index (χ1) is 33.2. The summed E-state index contributed by atoms with van der Waals surface area (Å²) in [6, 6.07) is 86.9. The lowest BCUT2D eigenvalue weighted by Crippen LogP contribution is -2.01. The molecule has 0 amide bonds. The highest BCUT2D eigenvalue weighted by atomic mass is 15.2. The van der Waals surface area contributed by atoms with E-state index in [1.165, 1.54) is 0 Å². The van der Waals surface area contributed by atoms with E-state index in [4.69, 9.17) is 20.1 Å². The number of benzene rings is 9. The number of nitrogens with zero attached hydrogens (tertiary/aromatic N) is 5. The normalized spacial score (nSPS) is 11.3. The average Bonchev–Trinajstić information content (AvgIpc) is 3.83. The van der Waals surface area contributed by atoms with Crippen molar-refractivity contribution < 1.29 is 0 Å². The summed E-state index contributed by atoms with van der Waals surface area (Å²) in [6.07, 6.45) is 0. The number of rotatable bonds is 9. The Hall–Kier alpha value is -9.06. The molecule has 0 aliphatic carbocycles. The predicted octanol–water partition coefficient (Wildman–Crippen LogP) is 15.7. The van der Waals surface area contributed by atoms with Crippen LogP contribution in [0.4, 0.5) is 0 Å². The topological polar surface area (TPSA) is 56.0 Å². The van der Waals surface area contributed by atoms with Gasteiger partial charge < -0.3 is 0 Å². The number of hydrogen-bond donors (Lipinski definition) is 0. The third-order valence-corrected chi connectivity index (χ3v) is 12.5. The van der Waals surface area contributed by atoms with Crippen LogP contribution in [0.25, 0.3) is 117 Å². The van der Waals surface area contributed by atoms with E-state index in [0.29, 0.717) is 17.5 Å². The van der Waals surface area contributed by atoms with Crippen molar-refractivity contribution in [1.82, 2.24) is 24.6 Å². The largest absolute Gasteiger partial charge is 0.231 e. The highest BCUT2D eigenvalue weighted by Crippen LogP contribution is 2.46. The molecular formula is C62H41N5. The Labute approximate surface area is 389 Å². The van der Waals surface area contributed by atoms with Crippen molar-refractivity contribution in [2.45, 2.75) is 0 Å². The van der Waals surface area contributed by atoms with Crippen LogP contribution in [0.2, 0.25) is 0 Å². The van der Waals surface area contributed by atoms with Crippen LogP contribution >= 0.6 is 0 Å². The Morgan fingerprint density at radius 1 is 0.239 bits per heavy atom. The molecule has 0 atom stereocenters. The van der Waals surface area contributed by atoms with Crippen LogP contribution in [-0.2, 0) is 0 Å². The van der Waals surface area contributed by atoms with Crippen LogP contribution in [-0.4, -0.2) is 24.6 Å². The van der Waals surface area contributed by atoms with Gasteiger partial charge in [-0.1, -0.05) is 249 Å². The summed E-state index contributed by atoms with van der Waals surface area (Å²) in [5.41, 5.74) is 16.8. The van der Waals surface area contributed by atoms with E-state index >= 15 is 0 Å². The van der Waals surface area contributed by atoms with E-state index in [1.807, 2.05) is 12.1 Å². The van der Waals surface area contributed by atoms with Gasteiger partial charge in [0.2, 0.25) is 0 Å². The van der Waals surface area contributed by atoms with Crippen LogP contribution in [0.1, 0.15) is 0 Å². The molecule has 67 heavy (non-hydrogen) atoms. The van der Waals surface area contributed by atoms with Crippen LogP contribution in [0.5, 0.6) is 0 Å². The highest BCUT2D eigenvalue weighted by molar-refractivity contribution is 6.15. The summed E-state index contributed by atoms with van der Waals surface area (Å²) in [5.74, 6) is 1.82. The highest BCUT2D eigenvalue weighted by Gasteiger charge is 2.25. The fourth-order valence-corrected chi connectivity index (χ4v) is 9.23. The van der Waals surface area contributed by atoms with Crippen molar-refractivity contribution >= 4 is 16.3 Å². The van der Waals surface area contributed by atoms with E-state index in [1.54, 1.807) is 0 Å². The zero-order valence-corrected chi connectivity index (χ0v) is 36.4. The first-order valence-electron chi connectivity index (χ1n) is 22.6. The van der Waals surface area contributed by atoms with Gasteiger partial charge >= 0.3 is 0 Å². The van der Waals surface area contributed by atoms with E-state index in [2.05, 4.69) is 241 Å². The molecule has 0 radical (unpaired) electrons. The second-order valence-corrected chi connectivity index (χ2v) is 16.6. The lowest BCUT2D eigenvalue weighted by molar-refractivity contribution is 0.981. The third-order valence-electron chi connectivity index (χ3n) is 12.5. The maximum absolute atomic E-state index is 5.55. The van der Waals surface area contributed by atoms with E-state index in [9.17, 15) is 0 Å². The molecule has 0 bridgehead atoms. The lowest BCUT2D eigenvalue weighted by Gasteiger charge is -2.18. The molecule has 3 aromatic heterocycles. The quantitative estimate of drug-likeness (QED) is 0.145. The van der Waals surface area contributed by atoms with Crippen LogP contribution in [0.3, 0.4) is 0 Å². The number of hydrogen-bond acceptors (Lipinski definition) is 4. The van der Waals surface area contributed by atoms with Gasteiger partial charge in [-0.2, -0.15) is 5.10 Å². The summed E-state index contributed by atoms with van der Waals surface area (Å²) in [4.78, 5) is 15.4. The summed E-state index contributed by atoms with van der Waals surface area (Å²) >= 11 is 0. The zero-order chi connectivity index (χ0) is 44.5. The molecule has 0 aliphatic heterocycles. The summed E-state index contributed by atoms with van der Waals surface area (Å²) in [7, 11) is 0. The maximum Gasteiger partial charge on any atom is 0.164 e. The summed E-state index contributed by atoms with van der Waals surface area (Å²) in [6.45, 7) is 0. The fourth-order valence-electron chi connectivity index (χ4n) is 9.23. The zero-order valence-electron chi connectivity index (χ0n) is 36.4. The monoisotopic (exact) mass is 855 g/mol. The van der Waals surface area contributed by atoms with Gasteiger partial charge in [0.25, 0.3) is 0 Å². The Balaban J connectivity index is 1.03. The molecule has 3 heterocycles. The van der Waals surface area contributed by atoms with Crippen LogP contribution < -0.4 is 0 Å². The number of pyridine rings is 1. The summed E-state index contributed by atoms with van der Waals surface area (Å²) in [5, 5.41) is 7.81. The average molecular weight is 856 g/mol. The van der Waals surface area contributed by atoms with Gasteiger partial charge in [-0.15, -0.1) is 0 Å². The maximum atomic E-state index is 5.55. The second-order valence-electron chi connectivity index (χ2n) is 16.6. The van der Waals surface area contributed by atoms with Crippen molar-refractivity contribution in [2.75, 3.05) is 0 Å². The minimum atomic E-state index is 0.599. The van der Waals surface area contributed by atoms with E-state index in [0.717, 1.165) is 100 Å². The van der Waals surface area contributed by atoms with E-state index in [-0.39, 0.29) is 0 Å². The van der Waals surface area contributed by atoms with Crippen molar-refractivity contribution in [3.8, 4) is 101 Å². The molecule has 12 rings (SSSR count). The number of aromatic nitrogens is 5. The number of fused-ring (bicyclic) bond motifs is 3. The fraction of sp³-hybridized carbons (Fsp3) is 0. The van der Waals surface area contributed by atoms with Gasteiger partial charge in [0, 0.05) is 44.3 Å². The molecule has 9 aromatic carbocycles. The Kier molecular flexibility index (Phi) is 10.1. The Morgan fingerprint density at radius 2 is 0.552 bits per heavy atom. The van der Waals surface area contributed by atoms with E-state index < -0.39 is 0 Å². The molecule has 0 aliphatic rings. The van der Waals surface area contributed by atoms with Gasteiger partial charge in [-0.05, 0) is 38.8 Å². The minimum Gasteiger partial charge on any atom is -0.231 e. The minimum absolute atomic E-state index is 0.599. The Morgan fingerprint density at radius 3 is 1.00 bits per heavy atom. The van der Waals surface area contributed by atoms with Gasteiger partial charge in [-0.3, -0.25) is 0 Å². The standard InChI is InChI=1S/C62H41N5/c1-6-18-42(19-7-1)44-30-36-50(37-31-44)60-63-61(51-38-32-45(33-39-51)43-20-8-2-9-21-43)65-62(64-60)52-40-34-47(35-41-52)55-53-28-16-17-29-54(53)59-56(46-22-10-3-11-23-46)57(48-24-12-4-13-25-48)66-67(59)58(55)49-26-14-5-15-27-49/h1-41H. The van der Waals surface area contributed by atoms with Crippen LogP contribution in [0.15, 0.2) is 249 Å². The molecular weight excluding hydrogens is 815 g/mol. The van der Waals surface area contributed by atoms with Crippen molar-refractivity contribution in [3.63, 3.8) is 0 Å². The first kappa shape index (κ1) is 39.5. The first-order valence-corrected chi connectivity index (χ1v) is 22.6. The van der Waals surface area contributed by atoms with Gasteiger partial charge in [0.1, 0.15) is 5.69 Å². The molecule has 0 unspecified atom stereocenters. The molecule has 0 N–H and O–H groups in total. The van der Waals surface area contributed by atoms with Crippen molar-refractivity contribution in [2.24, 2.45) is 0 Å². The molecule has 0 saturated carbocycles. The molecule has 5 nitrogen and oxygen atoms in total. The molecule has 314 valence electrons. The van der Waals surface area contributed by atoms with Gasteiger partial charge in [-0.25, -0.2) is 19.5 Å². The second kappa shape index (κ2) is 17.1. The van der Waals surface area contributed by atoms with Crippen molar-refractivity contribution in [1.29, 1.82) is 0 Å². The van der Waals surface area contributed by atoms with Gasteiger partial charge in [0.15, 0.2) is 17.5 Å². The molecule has 12 aromatic rings. The summed E-state index contributed by atoms with van der Waals surface area (Å²) < 4.78 is 2.18. The molecule has 0 fully saturated rings. The smallest absolute Gasteiger partial charge is 0.164 e. The van der Waals surface area contributed by atoms with Crippen LogP contribution in [0, 0.1) is 0 Å². The Bertz CT molecular complexity index is 3570. The predicted molar refractivity (Wildman–Crippen MR) is 275 cm³/mol. The lowest BCUT2D eigenvalue weighted by atomic mass is 9.91. The molecule has 0 saturated heterocycles. The molecule has 0 spiro atoms. The van der Waals surface area contributed by atoms with Gasteiger partial charge in [0.05, 0.1) is 11.2 Å².